The lowest BCUT2D eigenvalue weighted by molar-refractivity contribution is 0.0784. The first-order valence-corrected chi connectivity index (χ1v) is 11.3. The van der Waals surface area contributed by atoms with Gasteiger partial charge in [0, 0.05) is 19.0 Å². The molecule has 32 heavy (non-hydrogen) atoms. The van der Waals surface area contributed by atoms with Crippen LogP contribution < -0.4 is 0 Å². The molecule has 0 bridgehead atoms. The van der Waals surface area contributed by atoms with Gasteiger partial charge in [0.15, 0.2) is 0 Å². The van der Waals surface area contributed by atoms with Gasteiger partial charge in [0.25, 0.3) is 5.91 Å². The molecule has 5 heteroatoms. The molecule has 1 aliphatic carbocycles. The molecular weight excluding hydrogens is 400 g/mol. The van der Waals surface area contributed by atoms with Crippen molar-refractivity contribution in [3.05, 3.63) is 82.7 Å². The number of hydrogen-bond acceptors (Lipinski definition) is 4. The van der Waals surface area contributed by atoms with Crippen LogP contribution in [0.4, 0.5) is 0 Å². The van der Waals surface area contributed by atoms with Crippen molar-refractivity contribution in [1.29, 1.82) is 0 Å². The van der Waals surface area contributed by atoms with Crippen molar-refractivity contribution in [2.45, 2.75) is 44.6 Å². The number of likely N-dealkylation sites (tertiary alicyclic amines) is 1. The number of aliphatic hydroxyl groups is 1. The highest BCUT2D eigenvalue weighted by molar-refractivity contribution is 5.92. The van der Waals surface area contributed by atoms with Crippen LogP contribution in [0.1, 0.15) is 64.0 Å². The second kappa shape index (κ2) is 8.40. The van der Waals surface area contributed by atoms with Gasteiger partial charge in [-0.15, -0.1) is 0 Å². The van der Waals surface area contributed by atoms with E-state index in [4.69, 9.17) is 0 Å². The summed E-state index contributed by atoms with van der Waals surface area (Å²) in [5, 5.41) is 19.8. The van der Waals surface area contributed by atoms with Crippen molar-refractivity contribution in [3.63, 3.8) is 0 Å². The molecule has 2 aliphatic rings. The summed E-state index contributed by atoms with van der Waals surface area (Å²) in [5.74, 6) is 0.829. The molecule has 2 fully saturated rings. The Balaban J connectivity index is 1.37. The molecule has 1 aromatic heterocycles. The largest absolute Gasteiger partial charge is 0.506 e. The van der Waals surface area contributed by atoms with Crippen LogP contribution in [0.2, 0.25) is 0 Å². The maximum Gasteiger partial charge on any atom is 0.272 e. The van der Waals surface area contributed by atoms with Crippen molar-refractivity contribution in [2.24, 2.45) is 0 Å². The third kappa shape index (κ3) is 3.89. The Morgan fingerprint density at radius 3 is 2.59 bits per heavy atom. The van der Waals surface area contributed by atoms with E-state index in [0.29, 0.717) is 30.4 Å². The predicted octanol–water partition coefficient (Wildman–Crippen LogP) is 4.76. The van der Waals surface area contributed by atoms with E-state index in [0.717, 1.165) is 23.1 Å². The van der Waals surface area contributed by atoms with Crippen molar-refractivity contribution in [1.82, 2.24) is 9.88 Å². The number of amides is 1. The van der Waals surface area contributed by atoms with Crippen LogP contribution in [0.15, 0.2) is 54.6 Å². The Kier molecular flexibility index (Phi) is 5.43. The molecule has 0 radical (unpaired) electrons. The van der Waals surface area contributed by atoms with E-state index in [9.17, 15) is 15.0 Å². The molecule has 1 saturated heterocycles. The lowest BCUT2D eigenvalue weighted by Crippen LogP contribution is -2.29. The smallest absolute Gasteiger partial charge is 0.272 e. The summed E-state index contributed by atoms with van der Waals surface area (Å²) in [4.78, 5) is 19.0. The molecule has 2 heterocycles. The first-order chi connectivity index (χ1) is 15.5. The van der Waals surface area contributed by atoms with Gasteiger partial charge in [-0.2, -0.15) is 0 Å². The minimum Gasteiger partial charge on any atom is -0.506 e. The molecule has 0 spiro atoms. The summed E-state index contributed by atoms with van der Waals surface area (Å²) in [5.41, 5.74) is 6.67. The van der Waals surface area contributed by atoms with Gasteiger partial charge in [-0.25, -0.2) is 4.98 Å². The molecule has 2 N–H and O–H groups in total. The number of pyridine rings is 1. The van der Waals surface area contributed by atoms with Crippen LogP contribution >= 0.6 is 0 Å². The van der Waals surface area contributed by atoms with Gasteiger partial charge in [0.1, 0.15) is 11.4 Å². The second-order valence-corrected chi connectivity index (χ2v) is 8.97. The average molecular weight is 429 g/mol. The minimum atomic E-state index is -0.115. The van der Waals surface area contributed by atoms with E-state index in [1.54, 1.807) is 13.0 Å². The van der Waals surface area contributed by atoms with E-state index >= 15 is 0 Å². The van der Waals surface area contributed by atoms with E-state index in [1.165, 1.54) is 30.0 Å². The molecule has 164 valence electrons. The Bertz CT molecular complexity index is 1170. The summed E-state index contributed by atoms with van der Waals surface area (Å²) < 4.78 is 0. The van der Waals surface area contributed by atoms with Gasteiger partial charge in [-0.1, -0.05) is 36.4 Å². The van der Waals surface area contributed by atoms with Crippen LogP contribution in [-0.4, -0.2) is 39.1 Å². The van der Waals surface area contributed by atoms with E-state index in [2.05, 4.69) is 47.4 Å². The van der Waals surface area contributed by atoms with Crippen LogP contribution in [0.25, 0.3) is 11.1 Å². The summed E-state index contributed by atoms with van der Waals surface area (Å²) in [6.07, 6.45) is 3.36. The molecule has 0 unspecified atom stereocenters. The van der Waals surface area contributed by atoms with Crippen LogP contribution in [0.5, 0.6) is 5.75 Å². The second-order valence-electron chi connectivity index (χ2n) is 8.97. The zero-order valence-corrected chi connectivity index (χ0v) is 18.3. The van der Waals surface area contributed by atoms with Gasteiger partial charge < -0.3 is 15.1 Å². The maximum absolute atomic E-state index is 12.9. The van der Waals surface area contributed by atoms with Gasteiger partial charge in [0.05, 0.1) is 12.3 Å². The number of aromatic nitrogens is 1. The van der Waals surface area contributed by atoms with Crippen molar-refractivity contribution in [2.75, 3.05) is 13.1 Å². The Morgan fingerprint density at radius 2 is 1.84 bits per heavy atom. The molecule has 2 aromatic carbocycles. The quantitative estimate of drug-likeness (QED) is 0.614. The highest BCUT2D eigenvalue weighted by Gasteiger charge is 2.30. The Morgan fingerprint density at radius 1 is 1.03 bits per heavy atom. The normalized spacial score (nSPS) is 18.2. The molecule has 3 aromatic rings. The van der Waals surface area contributed by atoms with Crippen LogP contribution in [0.3, 0.4) is 0 Å². The number of aliphatic hydroxyl groups excluding tert-OH is 1. The monoisotopic (exact) mass is 428 g/mol. The van der Waals surface area contributed by atoms with Crippen molar-refractivity contribution in [3.8, 4) is 16.9 Å². The zero-order valence-electron chi connectivity index (χ0n) is 18.3. The number of carbonyl (C=O) groups excluding carboxylic acids is 1. The SMILES string of the molecule is Cc1nc(C(=O)N2CC[C@H](c3ccc(-c4ccccc4C4CC4)cc3CO)C2)ccc1O. The molecule has 1 atom stereocenters. The minimum absolute atomic E-state index is 0.0159. The molecule has 1 amide bonds. The van der Waals surface area contributed by atoms with Crippen LogP contribution in [0, 0.1) is 6.92 Å². The fourth-order valence-corrected chi connectivity index (χ4v) is 4.85. The standard InChI is InChI=1S/C27H28N2O3/c1-17-26(31)11-10-25(28-17)27(32)29-13-12-20(15-29)22-9-8-19(14-21(22)16-30)24-5-3-2-4-23(24)18-6-7-18/h2-5,8-11,14,18,20,30-31H,6-7,12-13,15-16H2,1H3/t20-/m0/s1. The van der Waals surface area contributed by atoms with Gasteiger partial charge in [-0.3, -0.25) is 4.79 Å². The summed E-state index contributed by atoms with van der Waals surface area (Å²) in [6, 6.07) is 18.1. The number of aryl methyl sites for hydroxylation is 1. The number of rotatable bonds is 5. The van der Waals surface area contributed by atoms with E-state index in [-0.39, 0.29) is 24.2 Å². The number of carbonyl (C=O) groups is 1. The fourth-order valence-electron chi connectivity index (χ4n) is 4.85. The fraction of sp³-hybridized carbons (Fsp3) is 0.333. The zero-order chi connectivity index (χ0) is 22.2. The summed E-state index contributed by atoms with van der Waals surface area (Å²) >= 11 is 0. The lowest BCUT2D eigenvalue weighted by Gasteiger charge is -2.19. The average Bonchev–Trinajstić information content (AvgIpc) is 3.56. The Labute approximate surface area is 188 Å². The summed E-state index contributed by atoms with van der Waals surface area (Å²) in [6.45, 7) is 2.93. The Hall–Kier alpha value is -3.18. The topological polar surface area (TPSA) is 73.7 Å². The molecule has 5 nitrogen and oxygen atoms in total. The molecule has 1 aliphatic heterocycles. The van der Waals surface area contributed by atoms with E-state index in [1.807, 2.05) is 4.90 Å². The number of hydrogen-bond donors (Lipinski definition) is 2. The van der Waals surface area contributed by atoms with Gasteiger partial charge in [0.2, 0.25) is 0 Å². The third-order valence-electron chi connectivity index (χ3n) is 6.79. The molecule has 5 rings (SSSR count). The lowest BCUT2D eigenvalue weighted by atomic mass is 9.89. The van der Waals surface area contributed by atoms with Crippen molar-refractivity contribution >= 4 is 5.91 Å². The molecule has 1 saturated carbocycles. The highest BCUT2D eigenvalue weighted by Crippen LogP contribution is 2.44. The van der Waals surface area contributed by atoms with Crippen LogP contribution in [-0.2, 0) is 6.61 Å². The van der Waals surface area contributed by atoms with Gasteiger partial charge >= 0.3 is 0 Å². The van der Waals surface area contributed by atoms with Crippen molar-refractivity contribution < 1.29 is 15.0 Å². The van der Waals surface area contributed by atoms with E-state index < -0.39 is 0 Å². The summed E-state index contributed by atoms with van der Waals surface area (Å²) in [7, 11) is 0. The number of aromatic hydroxyl groups is 1. The number of nitrogens with zero attached hydrogens (tertiary/aromatic N) is 2. The first-order valence-electron chi connectivity index (χ1n) is 11.3. The molecular formula is C27H28N2O3. The number of benzene rings is 2. The van der Waals surface area contributed by atoms with Gasteiger partial charge in [-0.05, 0) is 78.1 Å². The maximum atomic E-state index is 12.9. The first kappa shape index (κ1) is 20.7. The third-order valence-corrected chi connectivity index (χ3v) is 6.79. The predicted molar refractivity (Wildman–Crippen MR) is 124 cm³/mol. The highest BCUT2D eigenvalue weighted by atomic mass is 16.3.